The monoisotopic (exact) mass is 844 g/mol. The first kappa shape index (κ1) is 45.6. The van der Waals surface area contributed by atoms with Crippen LogP contribution in [0.3, 0.4) is 0 Å². The first-order valence-electron chi connectivity index (χ1n) is 21.0. The number of Topliss-reactive ketones (excluding diaryl/α,β-unsaturated/α-hetero) is 1. The molecule has 0 spiro atoms. The van der Waals surface area contributed by atoms with Crippen molar-refractivity contribution in [3.63, 3.8) is 0 Å². The summed E-state index contributed by atoms with van der Waals surface area (Å²) < 4.78 is 11.6. The molecule has 6 aromatic rings. The Labute approximate surface area is 362 Å². The molecule has 62 heavy (non-hydrogen) atoms. The second-order valence-corrected chi connectivity index (χ2v) is 16.0. The molecule has 0 aliphatic rings. The summed E-state index contributed by atoms with van der Waals surface area (Å²) in [5.41, 5.74) is 6.56. The fraction of sp³-hybridized carbons (Fsp3) is 0.340. The van der Waals surface area contributed by atoms with Gasteiger partial charge in [-0.2, -0.15) is 12.4 Å². The number of nitrogens with one attached hydrogen (secondary N) is 2. The molecule has 1 heterocycles. The number of nitrogens with zero attached hydrogens (tertiary/aromatic N) is 1. The molecule has 12 heteroatoms. The number of hydrogen-bond donors (Lipinski definition) is 8. The first-order chi connectivity index (χ1) is 30.0. The van der Waals surface area contributed by atoms with Gasteiger partial charge >= 0.3 is 0 Å². The molecule has 5 aromatic carbocycles. The Hall–Kier alpha value is -5.89. The number of carbonyl (C=O) groups is 1. The molecule has 8 N–H and O–H groups in total. The number of aliphatic hydroxyl groups excluding tert-OH is 3. The van der Waals surface area contributed by atoms with Crippen molar-refractivity contribution in [2.24, 2.45) is 5.92 Å². The Kier molecular flexibility index (Phi) is 16.0. The van der Waals surface area contributed by atoms with Crippen LogP contribution in [0.15, 0.2) is 103 Å². The van der Waals surface area contributed by atoms with Gasteiger partial charge in [0, 0.05) is 44.0 Å². The van der Waals surface area contributed by atoms with Gasteiger partial charge < -0.3 is 50.4 Å². The van der Waals surface area contributed by atoms with Crippen LogP contribution in [0.4, 0.5) is 0 Å². The SMILES string of the molecule is CNCc1cc(O)cc(C(Cc2ccc(O)c(OCNCC(C)O)c2)C(=O)CC(O)C(Cc2cc[n-]c2)Cc2ccc(O)c(OC)c2Cc2cccc3cccc(CCO)c23)c1. The summed E-state index contributed by atoms with van der Waals surface area (Å²) in [6.45, 7) is 2.44. The number of carbonyl (C=O) groups excluding carboxylic acids is 1. The molecule has 0 radical (unpaired) electrons. The van der Waals surface area contributed by atoms with Crippen molar-refractivity contribution in [1.82, 2.24) is 15.6 Å². The zero-order chi connectivity index (χ0) is 44.2. The number of aromatic nitrogens is 1. The van der Waals surface area contributed by atoms with Gasteiger partial charge in [0.05, 0.1) is 19.3 Å². The average Bonchev–Trinajstić information content (AvgIpc) is 3.76. The topological polar surface area (TPSA) is 195 Å². The fourth-order valence-corrected chi connectivity index (χ4v) is 8.38. The molecule has 0 aliphatic carbocycles. The van der Waals surface area contributed by atoms with Crippen LogP contribution in [0.2, 0.25) is 0 Å². The van der Waals surface area contributed by atoms with Gasteiger partial charge in [-0.1, -0.05) is 66.2 Å². The van der Waals surface area contributed by atoms with Crippen molar-refractivity contribution < 1.29 is 44.9 Å². The van der Waals surface area contributed by atoms with E-state index in [2.05, 4.69) is 15.6 Å². The molecule has 0 aliphatic heterocycles. The predicted octanol–water partition coefficient (Wildman–Crippen LogP) is 5.82. The summed E-state index contributed by atoms with van der Waals surface area (Å²) in [6.07, 6.45) is 3.37. The van der Waals surface area contributed by atoms with E-state index in [0.29, 0.717) is 55.6 Å². The van der Waals surface area contributed by atoms with Crippen molar-refractivity contribution in [3.8, 4) is 28.7 Å². The fourth-order valence-electron chi connectivity index (χ4n) is 8.38. The van der Waals surface area contributed by atoms with E-state index in [0.717, 1.165) is 44.2 Å². The number of phenolic OH excluding ortho intramolecular Hbond substituents is 3. The minimum absolute atomic E-state index is 0.0000912. The van der Waals surface area contributed by atoms with Gasteiger partial charge in [-0.3, -0.25) is 10.1 Å². The summed E-state index contributed by atoms with van der Waals surface area (Å²) in [6, 6.07) is 27.4. The first-order valence-corrected chi connectivity index (χ1v) is 21.0. The molecule has 0 bridgehead atoms. The number of aromatic hydroxyl groups is 3. The van der Waals surface area contributed by atoms with Gasteiger partial charge in [-0.25, -0.2) is 0 Å². The second-order valence-electron chi connectivity index (χ2n) is 16.0. The highest BCUT2D eigenvalue weighted by atomic mass is 16.5. The van der Waals surface area contributed by atoms with Crippen LogP contribution < -0.4 is 25.1 Å². The van der Waals surface area contributed by atoms with Crippen molar-refractivity contribution in [2.45, 2.75) is 70.1 Å². The number of ketones is 1. The Balaban J connectivity index is 1.33. The highest BCUT2D eigenvalue weighted by Gasteiger charge is 2.30. The van der Waals surface area contributed by atoms with Crippen LogP contribution in [-0.2, 0) is 43.4 Å². The largest absolute Gasteiger partial charge is 0.670 e. The van der Waals surface area contributed by atoms with Gasteiger partial charge in [0.25, 0.3) is 0 Å². The Morgan fingerprint density at radius 3 is 2.31 bits per heavy atom. The van der Waals surface area contributed by atoms with Crippen LogP contribution in [0.5, 0.6) is 28.7 Å². The van der Waals surface area contributed by atoms with E-state index in [1.807, 2.05) is 54.6 Å². The smallest absolute Gasteiger partial charge is 0.164 e. The van der Waals surface area contributed by atoms with Gasteiger partial charge in [0.1, 0.15) is 18.3 Å². The summed E-state index contributed by atoms with van der Waals surface area (Å²) >= 11 is 0. The van der Waals surface area contributed by atoms with Crippen LogP contribution in [0, 0.1) is 5.92 Å². The second kappa shape index (κ2) is 21.8. The van der Waals surface area contributed by atoms with Gasteiger partial charge in [-0.15, -0.1) is 0 Å². The number of phenols is 3. The molecular weight excluding hydrogens is 787 g/mol. The molecule has 4 unspecified atom stereocenters. The Morgan fingerprint density at radius 1 is 0.823 bits per heavy atom. The van der Waals surface area contributed by atoms with E-state index in [-0.39, 0.29) is 55.0 Å². The number of aliphatic hydroxyl groups is 3. The summed E-state index contributed by atoms with van der Waals surface area (Å²) in [4.78, 5) is 19.0. The molecule has 12 nitrogen and oxygen atoms in total. The van der Waals surface area contributed by atoms with Crippen molar-refractivity contribution in [3.05, 3.63) is 148 Å². The summed E-state index contributed by atoms with van der Waals surface area (Å²) in [5, 5.41) is 72.4. The molecule has 0 fully saturated rings. The molecule has 0 amide bonds. The number of rotatable bonds is 23. The third-order valence-corrected chi connectivity index (χ3v) is 11.3. The molecular formula is C50H58N3O9-. The van der Waals surface area contributed by atoms with Gasteiger partial charge in [0.15, 0.2) is 23.0 Å². The summed E-state index contributed by atoms with van der Waals surface area (Å²) in [5.74, 6) is -1.06. The molecule has 328 valence electrons. The van der Waals surface area contributed by atoms with Gasteiger partial charge in [-0.05, 0) is 120 Å². The molecule has 1 aromatic heterocycles. The summed E-state index contributed by atoms with van der Waals surface area (Å²) in [7, 11) is 3.31. The van der Waals surface area contributed by atoms with Gasteiger partial charge in [0.2, 0.25) is 0 Å². The lowest BCUT2D eigenvalue weighted by atomic mass is 9.80. The van der Waals surface area contributed by atoms with E-state index in [9.17, 15) is 35.4 Å². The zero-order valence-electron chi connectivity index (χ0n) is 35.6. The Bertz CT molecular complexity index is 2390. The van der Waals surface area contributed by atoms with E-state index in [4.69, 9.17) is 9.47 Å². The zero-order valence-corrected chi connectivity index (χ0v) is 35.6. The highest BCUT2D eigenvalue weighted by Crippen LogP contribution is 2.39. The van der Waals surface area contributed by atoms with E-state index in [1.165, 1.54) is 13.2 Å². The van der Waals surface area contributed by atoms with E-state index < -0.39 is 24.0 Å². The lowest BCUT2D eigenvalue weighted by Crippen LogP contribution is -2.30. The number of fused-ring (bicyclic) bond motifs is 1. The van der Waals surface area contributed by atoms with Crippen LogP contribution >= 0.6 is 0 Å². The molecule has 0 saturated heterocycles. The number of hydrogen-bond acceptors (Lipinski definition) is 11. The lowest BCUT2D eigenvalue weighted by molar-refractivity contribution is -0.123. The molecule has 6 rings (SSSR count). The third kappa shape index (κ3) is 11.7. The lowest BCUT2D eigenvalue weighted by Gasteiger charge is -2.27. The van der Waals surface area contributed by atoms with Crippen LogP contribution in [0.25, 0.3) is 10.8 Å². The van der Waals surface area contributed by atoms with Crippen molar-refractivity contribution in [2.75, 3.05) is 34.0 Å². The maximum atomic E-state index is 14.7. The molecule has 4 atom stereocenters. The highest BCUT2D eigenvalue weighted by molar-refractivity contribution is 5.89. The van der Waals surface area contributed by atoms with Crippen LogP contribution in [-0.4, -0.2) is 82.7 Å². The maximum Gasteiger partial charge on any atom is 0.164 e. The van der Waals surface area contributed by atoms with Crippen LogP contribution in [0.1, 0.15) is 63.8 Å². The van der Waals surface area contributed by atoms with E-state index in [1.54, 1.807) is 56.7 Å². The third-order valence-electron chi connectivity index (χ3n) is 11.3. The maximum absolute atomic E-state index is 14.7. The quantitative estimate of drug-likeness (QED) is 0.0285. The number of benzene rings is 5. The van der Waals surface area contributed by atoms with E-state index >= 15 is 0 Å². The molecule has 0 saturated carbocycles. The average molecular weight is 845 g/mol. The Morgan fingerprint density at radius 2 is 1.60 bits per heavy atom. The van der Waals surface area contributed by atoms with Crippen molar-refractivity contribution >= 4 is 16.6 Å². The van der Waals surface area contributed by atoms with Crippen molar-refractivity contribution in [1.29, 1.82) is 0 Å². The normalized spacial score (nSPS) is 13.5. The number of methoxy groups -OCH3 is 1. The number of ether oxygens (including phenoxy) is 2. The standard InChI is InChI=1S/C50H58N3O9/c1-31(55)27-53-30-62-48-22-32(10-12-44(48)57)21-42(39-19-34(28-51-2)20-41(56)24-39)47(60)26-46(59)40(18-33-14-16-52-29-33)23-37-11-13-45(58)50(61-3)43(37)25-38-9-5-7-35-6-4-8-36(15-17-54)49(35)38/h4-14,16,19-20,22,24,29,31,40,42,46,51,53-59H,15,17-18,21,23,25-28,30H2,1-3H3/q-1. The minimum atomic E-state index is -1.12. The minimum Gasteiger partial charge on any atom is -0.670 e. The predicted molar refractivity (Wildman–Crippen MR) is 239 cm³/mol.